The number of piperidine rings is 1. The lowest BCUT2D eigenvalue weighted by Gasteiger charge is -2.31. The first kappa shape index (κ1) is 18.9. The van der Waals surface area contributed by atoms with Crippen LogP contribution in [0.1, 0.15) is 28.8 Å². The second-order valence-corrected chi connectivity index (χ2v) is 6.60. The number of methoxy groups -OCH3 is 1. The minimum Gasteiger partial charge on any atom is -0.496 e. The van der Waals surface area contributed by atoms with Crippen molar-refractivity contribution in [1.29, 1.82) is 0 Å². The van der Waals surface area contributed by atoms with Gasteiger partial charge in [0.25, 0.3) is 5.91 Å². The molecule has 1 saturated heterocycles. The number of halogens is 1. The molecule has 27 heavy (non-hydrogen) atoms. The molecule has 0 unspecified atom stereocenters. The molecule has 1 N–H and O–H groups in total. The molecule has 0 saturated carbocycles. The number of nitrogens with one attached hydrogen (secondary N) is 1. The normalized spacial score (nSPS) is 14.7. The van der Waals surface area contributed by atoms with Crippen LogP contribution in [0, 0.1) is 11.7 Å². The number of benzene rings is 2. The monoisotopic (exact) mass is 370 g/mol. The van der Waals surface area contributed by atoms with E-state index in [0.717, 1.165) is 11.3 Å². The summed E-state index contributed by atoms with van der Waals surface area (Å²) < 4.78 is 18.3. The third-order valence-corrected chi connectivity index (χ3v) is 4.89. The molecule has 3 rings (SSSR count). The maximum Gasteiger partial charge on any atom is 0.253 e. The predicted octanol–water partition coefficient (Wildman–Crippen LogP) is 3.00. The number of carbonyl (C=O) groups is 2. The van der Waals surface area contributed by atoms with Crippen LogP contribution >= 0.6 is 0 Å². The summed E-state index contributed by atoms with van der Waals surface area (Å²) in [6.45, 7) is 1.45. The Labute approximate surface area is 158 Å². The van der Waals surface area contributed by atoms with Gasteiger partial charge in [-0.1, -0.05) is 18.2 Å². The Morgan fingerprint density at radius 1 is 1.11 bits per heavy atom. The molecule has 0 radical (unpaired) electrons. The lowest BCUT2D eigenvalue weighted by Crippen LogP contribution is -2.42. The molecule has 6 heteroatoms. The van der Waals surface area contributed by atoms with Gasteiger partial charge in [-0.15, -0.1) is 0 Å². The van der Waals surface area contributed by atoms with Gasteiger partial charge < -0.3 is 15.0 Å². The van der Waals surface area contributed by atoms with E-state index in [1.165, 1.54) is 24.3 Å². The van der Waals surface area contributed by atoms with Crippen LogP contribution in [0.4, 0.5) is 4.39 Å². The van der Waals surface area contributed by atoms with E-state index in [1.54, 1.807) is 12.0 Å². The van der Waals surface area contributed by atoms with Crippen molar-refractivity contribution < 1.29 is 18.7 Å². The number of amides is 2. The van der Waals surface area contributed by atoms with Crippen LogP contribution in [0.15, 0.2) is 48.5 Å². The number of carbonyl (C=O) groups excluding carboxylic acids is 2. The predicted molar refractivity (Wildman–Crippen MR) is 99.9 cm³/mol. The summed E-state index contributed by atoms with van der Waals surface area (Å²) >= 11 is 0. The summed E-state index contributed by atoms with van der Waals surface area (Å²) in [6.07, 6.45) is 1.23. The Kier molecular flexibility index (Phi) is 6.06. The molecule has 0 aliphatic carbocycles. The summed E-state index contributed by atoms with van der Waals surface area (Å²) in [5, 5.41) is 2.96. The van der Waals surface area contributed by atoms with E-state index in [2.05, 4.69) is 5.32 Å². The van der Waals surface area contributed by atoms with Gasteiger partial charge in [0.05, 0.1) is 7.11 Å². The molecule has 5 nitrogen and oxygen atoms in total. The fourth-order valence-electron chi connectivity index (χ4n) is 3.30. The Morgan fingerprint density at radius 2 is 1.78 bits per heavy atom. The highest BCUT2D eigenvalue weighted by Crippen LogP contribution is 2.21. The minimum atomic E-state index is -0.364. The molecule has 142 valence electrons. The van der Waals surface area contributed by atoms with Crippen LogP contribution in [0.3, 0.4) is 0 Å². The van der Waals surface area contributed by atoms with Crippen LogP contribution in [-0.4, -0.2) is 36.9 Å². The summed E-state index contributed by atoms with van der Waals surface area (Å²) in [7, 11) is 1.61. The molecule has 2 amide bonds. The first-order chi connectivity index (χ1) is 13.1. The van der Waals surface area contributed by atoms with Crippen molar-refractivity contribution in [3.05, 3.63) is 65.5 Å². The fraction of sp³-hybridized carbons (Fsp3) is 0.333. The Hall–Kier alpha value is -2.89. The van der Waals surface area contributed by atoms with Gasteiger partial charge in [-0.25, -0.2) is 4.39 Å². The lowest BCUT2D eigenvalue weighted by atomic mass is 9.95. The zero-order valence-electron chi connectivity index (χ0n) is 15.3. The van der Waals surface area contributed by atoms with Crippen LogP contribution in [0.2, 0.25) is 0 Å². The van der Waals surface area contributed by atoms with Gasteiger partial charge in [0.2, 0.25) is 5.91 Å². The van der Waals surface area contributed by atoms with Gasteiger partial charge in [-0.05, 0) is 43.2 Å². The molecule has 0 aromatic heterocycles. The fourth-order valence-corrected chi connectivity index (χ4v) is 3.30. The molecular weight excluding hydrogens is 347 g/mol. The maximum absolute atomic E-state index is 13.0. The number of nitrogens with zero attached hydrogens (tertiary/aromatic N) is 1. The van der Waals surface area contributed by atoms with Crippen LogP contribution < -0.4 is 10.1 Å². The van der Waals surface area contributed by atoms with Gasteiger partial charge in [-0.2, -0.15) is 0 Å². The Morgan fingerprint density at radius 3 is 2.44 bits per heavy atom. The molecule has 0 atom stereocenters. The van der Waals surface area contributed by atoms with Gasteiger partial charge >= 0.3 is 0 Å². The average molecular weight is 370 g/mol. The number of hydrogen-bond acceptors (Lipinski definition) is 3. The first-order valence-corrected chi connectivity index (χ1v) is 9.03. The Bertz CT molecular complexity index is 799. The van der Waals surface area contributed by atoms with Gasteiger partial charge in [-0.3, -0.25) is 9.59 Å². The molecule has 0 bridgehead atoms. The highest BCUT2D eigenvalue weighted by molar-refractivity contribution is 5.94. The van der Waals surface area contributed by atoms with E-state index in [-0.39, 0.29) is 23.5 Å². The number of rotatable bonds is 5. The molecule has 1 aliphatic heterocycles. The second-order valence-electron chi connectivity index (χ2n) is 6.60. The third kappa shape index (κ3) is 4.64. The van der Waals surface area contributed by atoms with Crippen molar-refractivity contribution in [2.45, 2.75) is 19.4 Å². The molecule has 2 aromatic rings. The summed E-state index contributed by atoms with van der Waals surface area (Å²) in [6, 6.07) is 13.1. The zero-order chi connectivity index (χ0) is 19.2. The average Bonchev–Trinajstić information content (AvgIpc) is 2.72. The van der Waals surface area contributed by atoms with E-state index in [1.807, 2.05) is 24.3 Å². The molecular formula is C21H23FN2O3. The minimum absolute atomic E-state index is 0.00483. The van der Waals surface area contributed by atoms with Crippen molar-refractivity contribution in [3.63, 3.8) is 0 Å². The van der Waals surface area contributed by atoms with Gasteiger partial charge in [0, 0.05) is 36.7 Å². The molecule has 0 spiro atoms. The zero-order valence-corrected chi connectivity index (χ0v) is 15.3. The molecule has 2 aromatic carbocycles. The number of ether oxygens (including phenoxy) is 1. The van der Waals surface area contributed by atoms with Crippen molar-refractivity contribution in [2.75, 3.05) is 20.2 Å². The third-order valence-electron chi connectivity index (χ3n) is 4.89. The standard InChI is InChI=1S/C21H23FN2O3/c1-27-19-5-3-2-4-17(19)14-23-20(25)15-10-12-24(13-11-15)21(26)16-6-8-18(22)9-7-16/h2-9,15H,10-14H2,1H3,(H,23,25). The number of para-hydroxylation sites is 1. The van der Waals surface area contributed by atoms with Gasteiger partial charge in [0.15, 0.2) is 0 Å². The lowest BCUT2D eigenvalue weighted by molar-refractivity contribution is -0.126. The Balaban J connectivity index is 1.50. The number of likely N-dealkylation sites (tertiary alicyclic amines) is 1. The molecule has 1 aliphatic rings. The van der Waals surface area contributed by atoms with E-state index in [0.29, 0.717) is 38.0 Å². The first-order valence-electron chi connectivity index (χ1n) is 9.03. The second kappa shape index (κ2) is 8.66. The molecule has 1 heterocycles. The quantitative estimate of drug-likeness (QED) is 0.880. The summed E-state index contributed by atoms with van der Waals surface area (Å²) in [5.41, 5.74) is 1.40. The molecule has 1 fully saturated rings. The summed E-state index contributed by atoms with van der Waals surface area (Å²) in [5.74, 6) is 0.143. The smallest absolute Gasteiger partial charge is 0.253 e. The van der Waals surface area contributed by atoms with E-state index < -0.39 is 0 Å². The topological polar surface area (TPSA) is 58.6 Å². The van der Waals surface area contributed by atoms with E-state index >= 15 is 0 Å². The summed E-state index contributed by atoms with van der Waals surface area (Å²) in [4.78, 5) is 26.6. The highest BCUT2D eigenvalue weighted by Gasteiger charge is 2.27. The van der Waals surface area contributed by atoms with Crippen molar-refractivity contribution >= 4 is 11.8 Å². The van der Waals surface area contributed by atoms with Gasteiger partial charge in [0.1, 0.15) is 11.6 Å². The van der Waals surface area contributed by atoms with Crippen molar-refractivity contribution in [1.82, 2.24) is 10.2 Å². The maximum atomic E-state index is 13.0. The van der Waals surface area contributed by atoms with Crippen LogP contribution in [0.25, 0.3) is 0 Å². The number of hydrogen-bond donors (Lipinski definition) is 1. The SMILES string of the molecule is COc1ccccc1CNC(=O)C1CCN(C(=O)c2ccc(F)cc2)CC1. The van der Waals surface area contributed by atoms with Crippen molar-refractivity contribution in [3.8, 4) is 5.75 Å². The highest BCUT2D eigenvalue weighted by atomic mass is 19.1. The van der Waals surface area contributed by atoms with Crippen LogP contribution in [-0.2, 0) is 11.3 Å². The van der Waals surface area contributed by atoms with Crippen LogP contribution in [0.5, 0.6) is 5.75 Å². The largest absolute Gasteiger partial charge is 0.496 e. The van der Waals surface area contributed by atoms with E-state index in [4.69, 9.17) is 4.74 Å². The van der Waals surface area contributed by atoms with Crippen molar-refractivity contribution in [2.24, 2.45) is 5.92 Å². The van der Waals surface area contributed by atoms with E-state index in [9.17, 15) is 14.0 Å².